The molecule has 2 unspecified atom stereocenters. The van der Waals surface area contributed by atoms with Gasteiger partial charge in [-0.3, -0.25) is 9.59 Å². The van der Waals surface area contributed by atoms with Gasteiger partial charge in [0.2, 0.25) is 5.91 Å². The number of carbonyl (C=O) groups excluding carboxylic acids is 2. The summed E-state index contributed by atoms with van der Waals surface area (Å²) in [4.78, 5) is 24.5. The predicted molar refractivity (Wildman–Crippen MR) is 319 cm³/mol. The first kappa shape index (κ1) is 71.1. The van der Waals surface area contributed by atoms with Gasteiger partial charge in [-0.15, -0.1) is 0 Å². The third kappa shape index (κ3) is 59.2. The molecule has 0 aromatic heterocycles. The van der Waals surface area contributed by atoms with Crippen molar-refractivity contribution >= 4 is 11.9 Å². The van der Waals surface area contributed by atoms with Crippen molar-refractivity contribution in [3.63, 3.8) is 0 Å². The fourth-order valence-corrected chi connectivity index (χ4v) is 10.1. The minimum atomic E-state index is -0.664. The van der Waals surface area contributed by atoms with Crippen molar-refractivity contribution in [3.05, 3.63) is 36.5 Å². The highest BCUT2D eigenvalue weighted by molar-refractivity contribution is 5.76. The third-order valence-corrected chi connectivity index (χ3v) is 15.2. The van der Waals surface area contributed by atoms with Crippen molar-refractivity contribution in [2.75, 3.05) is 13.2 Å². The number of carbonyl (C=O) groups is 2. The second-order valence-electron chi connectivity index (χ2n) is 22.4. The Balaban J connectivity index is 3.38. The van der Waals surface area contributed by atoms with Crippen LogP contribution in [0, 0.1) is 0 Å². The molecule has 3 N–H and O–H groups in total. The van der Waals surface area contributed by atoms with Crippen molar-refractivity contribution in [1.29, 1.82) is 0 Å². The van der Waals surface area contributed by atoms with Gasteiger partial charge in [0.1, 0.15) is 0 Å². The molecule has 2 atom stereocenters. The molecular weight excluding hydrogens is 899 g/mol. The fraction of sp³-hybridized carbons (Fsp3) is 0.881. The van der Waals surface area contributed by atoms with Gasteiger partial charge < -0.3 is 20.3 Å². The molecule has 6 nitrogen and oxygen atoms in total. The standard InChI is InChI=1S/C67H127NO5/c1-3-5-7-9-11-13-15-17-32-37-41-45-49-53-57-61-67(72)73-62-58-54-50-46-42-38-34-31-29-27-25-23-21-19-20-22-24-26-28-30-33-36-40-44-48-52-56-60-66(71)68-64(63-69)65(70)59-55-51-47-43-39-35-18-16-14-12-10-8-6-4-2/h11,13,17,19-20,32,64-65,69-70H,3-10,12,14-16,18,21-31,33-63H2,1-2H3,(H,68,71)/b13-11-,20-19-,32-17-. The Bertz CT molecular complexity index is 1180. The molecule has 0 spiro atoms. The second-order valence-corrected chi connectivity index (χ2v) is 22.4. The van der Waals surface area contributed by atoms with Crippen LogP contribution in [0.4, 0.5) is 0 Å². The van der Waals surface area contributed by atoms with Crippen LogP contribution in [-0.4, -0.2) is 47.4 Å². The lowest BCUT2D eigenvalue weighted by Gasteiger charge is -2.22. The Morgan fingerprint density at radius 3 is 1.08 bits per heavy atom. The lowest BCUT2D eigenvalue weighted by molar-refractivity contribution is -0.143. The van der Waals surface area contributed by atoms with E-state index in [-0.39, 0.29) is 18.5 Å². The van der Waals surface area contributed by atoms with E-state index in [4.69, 9.17) is 4.74 Å². The van der Waals surface area contributed by atoms with Crippen LogP contribution in [0.5, 0.6) is 0 Å². The summed E-state index contributed by atoms with van der Waals surface area (Å²) in [6.07, 6.45) is 78.8. The molecule has 430 valence electrons. The first-order chi connectivity index (χ1) is 36.0. The van der Waals surface area contributed by atoms with Gasteiger partial charge in [-0.1, -0.05) is 294 Å². The van der Waals surface area contributed by atoms with Gasteiger partial charge in [0, 0.05) is 12.8 Å². The number of allylic oxidation sites excluding steroid dienone is 6. The van der Waals surface area contributed by atoms with Crippen molar-refractivity contribution < 1.29 is 24.5 Å². The number of rotatable bonds is 61. The highest BCUT2D eigenvalue weighted by Crippen LogP contribution is 2.18. The fourth-order valence-electron chi connectivity index (χ4n) is 10.1. The van der Waals surface area contributed by atoms with Crippen LogP contribution in [0.1, 0.15) is 354 Å². The SMILES string of the molecule is CCCCC/C=C\C/C=C\CCCCCCCC(=O)OCCCCCCCCCCCCCC/C=C\CCCCCCCCCCCCCC(=O)NC(CO)C(O)CCCCCCCCCCCCCCCC. The van der Waals surface area contributed by atoms with Crippen molar-refractivity contribution in [1.82, 2.24) is 5.32 Å². The highest BCUT2D eigenvalue weighted by atomic mass is 16.5. The quantitative estimate of drug-likeness (QED) is 0.0320. The number of hydrogen-bond acceptors (Lipinski definition) is 5. The number of aliphatic hydroxyl groups excluding tert-OH is 2. The second kappa shape index (κ2) is 62.6. The molecule has 0 aliphatic rings. The smallest absolute Gasteiger partial charge is 0.305 e. The van der Waals surface area contributed by atoms with Crippen LogP contribution in [0.15, 0.2) is 36.5 Å². The summed E-state index contributed by atoms with van der Waals surface area (Å²) in [6.45, 7) is 4.94. The first-order valence-corrected chi connectivity index (χ1v) is 32.7. The minimum absolute atomic E-state index is 0.00121. The largest absolute Gasteiger partial charge is 0.466 e. The maximum absolute atomic E-state index is 12.5. The Kier molecular flexibility index (Phi) is 61.0. The topological polar surface area (TPSA) is 95.9 Å². The molecule has 0 radical (unpaired) electrons. The van der Waals surface area contributed by atoms with E-state index >= 15 is 0 Å². The number of ether oxygens (including phenoxy) is 1. The number of esters is 1. The van der Waals surface area contributed by atoms with Crippen molar-refractivity contribution in [2.24, 2.45) is 0 Å². The van der Waals surface area contributed by atoms with Gasteiger partial charge in [-0.05, 0) is 83.5 Å². The average molecular weight is 1030 g/mol. The van der Waals surface area contributed by atoms with Crippen molar-refractivity contribution in [2.45, 2.75) is 366 Å². The predicted octanol–water partition coefficient (Wildman–Crippen LogP) is 20.8. The Morgan fingerprint density at radius 2 is 0.685 bits per heavy atom. The lowest BCUT2D eigenvalue weighted by atomic mass is 10.0. The molecule has 0 saturated carbocycles. The minimum Gasteiger partial charge on any atom is -0.466 e. The number of unbranched alkanes of at least 4 members (excludes halogenated alkanes) is 44. The molecule has 6 heteroatoms. The van der Waals surface area contributed by atoms with Gasteiger partial charge in [0.15, 0.2) is 0 Å². The summed E-state index contributed by atoms with van der Waals surface area (Å²) >= 11 is 0. The molecule has 0 aliphatic heterocycles. The van der Waals surface area contributed by atoms with Gasteiger partial charge in [0.05, 0.1) is 25.4 Å². The Morgan fingerprint density at radius 1 is 0.384 bits per heavy atom. The van der Waals surface area contributed by atoms with E-state index in [0.717, 1.165) is 51.4 Å². The number of amides is 1. The summed E-state index contributed by atoms with van der Waals surface area (Å²) in [6, 6.07) is -0.542. The first-order valence-electron chi connectivity index (χ1n) is 32.7. The molecular formula is C67H127NO5. The summed E-state index contributed by atoms with van der Waals surface area (Å²) in [5.41, 5.74) is 0. The van der Waals surface area contributed by atoms with Crippen LogP contribution in [0.25, 0.3) is 0 Å². The number of nitrogens with one attached hydrogen (secondary N) is 1. The zero-order valence-electron chi connectivity index (χ0n) is 49.1. The van der Waals surface area contributed by atoms with Crippen LogP contribution in [0.2, 0.25) is 0 Å². The zero-order valence-corrected chi connectivity index (χ0v) is 49.1. The maximum atomic E-state index is 12.5. The number of aliphatic hydroxyl groups is 2. The molecule has 0 fully saturated rings. The molecule has 0 bridgehead atoms. The van der Waals surface area contributed by atoms with Gasteiger partial charge >= 0.3 is 5.97 Å². The zero-order chi connectivity index (χ0) is 52.9. The summed E-state index contributed by atoms with van der Waals surface area (Å²) in [5.74, 6) is -0.0332. The molecule has 0 rings (SSSR count). The van der Waals surface area contributed by atoms with Crippen molar-refractivity contribution in [3.8, 4) is 0 Å². The van der Waals surface area contributed by atoms with E-state index in [2.05, 4.69) is 55.6 Å². The molecule has 73 heavy (non-hydrogen) atoms. The summed E-state index contributed by atoms with van der Waals surface area (Å²) in [5, 5.41) is 23.3. The lowest BCUT2D eigenvalue weighted by Crippen LogP contribution is -2.45. The number of hydrogen-bond donors (Lipinski definition) is 3. The monoisotopic (exact) mass is 1030 g/mol. The van der Waals surface area contributed by atoms with Gasteiger partial charge in [-0.25, -0.2) is 0 Å². The van der Waals surface area contributed by atoms with Crippen LogP contribution < -0.4 is 5.32 Å². The van der Waals surface area contributed by atoms with Gasteiger partial charge in [-0.2, -0.15) is 0 Å². The average Bonchev–Trinajstić information content (AvgIpc) is 3.39. The van der Waals surface area contributed by atoms with Crippen LogP contribution in [-0.2, 0) is 14.3 Å². The molecule has 0 aliphatic carbocycles. The molecule has 0 heterocycles. The molecule has 0 saturated heterocycles. The van der Waals surface area contributed by atoms with E-state index in [1.165, 1.54) is 270 Å². The molecule has 0 aromatic carbocycles. The van der Waals surface area contributed by atoms with Gasteiger partial charge in [0.25, 0.3) is 0 Å². The summed E-state index contributed by atoms with van der Waals surface area (Å²) in [7, 11) is 0. The van der Waals surface area contributed by atoms with E-state index < -0.39 is 12.1 Å². The van der Waals surface area contributed by atoms with E-state index in [1.807, 2.05) is 0 Å². The van der Waals surface area contributed by atoms with Crippen LogP contribution in [0.3, 0.4) is 0 Å². The Hall–Kier alpha value is -1.92. The maximum Gasteiger partial charge on any atom is 0.305 e. The van der Waals surface area contributed by atoms with Crippen LogP contribution >= 0.6 is 0 Å². The van der Waals surface area contributed by atoms with E-state index in [0.29, 0.717) is 25.9 Å². The summed E-state index contributed by atoms with van der Waals surface area (Å²) < 4.78 is 5.48. The molecule has 1 amide bonds. The highest BCUT2D eigenvalue weighted by Gasteiger charge is 2.20. The van der Waals surface area contributed by atoms with E-state index in [9.17, 15) is 19.8 Å². The Labute approximate surface area is 455 Å². The third-order valence-electron chi connectivity index (χ3n) is 15.2. The molecule has 0 aromatic rings. The normalized spacial score (nSPS) is 12.8. The van der Waals surface area contributed by atoms with E-state index in [1.54, 1.807) is 0 Å².